The number of amides is 1. The fraction of sp³-hybridized carbons (Fsp3) is 0.125. The Morgan fingerprint density at radius 2 is 2.43 bits per heavy atom. The van der Waals surface area contributed by atoms with Crippen molar-refractivity contribution in [3.63, 3.8) is 0 Å². The molecule has 1 amide bonds. The van der Waals surface area contributed by atoms with Gasteiger partial charge in [-0.3, -0.25) is 4.79 Å². The van der Waals surface area contributed by atoms with Crippen LogP contribution in [0.15, 0.2) is 24.5 Å². The summed E-state index contributed by atoms with van der Waals surface area (Å²) >= 11 is 0. The standard InChI is InChI=1S/C8H9N5O/c9-6(14)5-10-7-2-4-13-8(12-7)1-3-11-13/h1-4H,5H2,(H2,9,14)(H,10,12). The Balaban J connectivity index is 2.21. The van der Waals surface area contributed by atoms with Crippen molar-refractivity contribution in [1.29, 1.82) is 0 Å². The molecule has 3 N–H and O–H groups in total. The number of fused-ring (bicyclic) bond motifs is 1. The first-order valence-corrected chi connectivity index (χ1v) is 4.08. The minimum atomic E-state index is -0.416. The van der Waals surface area contributed by atoms with Gasteiger partial charge in [-0.25, -0.2) is 9.50 Å². The first kappa shape index (κ1) is 8.49. The van der Waals surface area contributed by atoms with E-state index in [1.807, 2.05) is 0 Å². The summed E-state index contributed by atoms with van der Waals surface area (Å²) in [6.07, 6.45) is 3.41. The Hall–Kier alpha value is -2.11. The molecule has 2 rings (SSSR count). The van der Waals surface area contributed by atoms with E-state index in [1.165, 1.54) is 0 Å². The Morgan fingerprint density at radius 3 is 3.21 bits per heavy atom. The summed E-state index contributed by atoms with van der Waals surface area (Å²) in [6, 6.07) is 3.50. The lowest BCUT2D eigenvalue weighted by molar-refractivity contribution is -0.116. The van der Waals surface area contributed by atoms with Crippen molar-refractivity contribution in [2.45, 2.75) is 0 Å². The van der Waals surface area contributed by atoms with Crippen LogP contribution in [-0.4, -0.2) is 27.0 Å². The molecule has 6 nitrogen and oxygen atoms in total. The molecule has 2 heterocycles. The molecule has 6 heteroatoms. The van der Waals surface area contributed by atoms with Crippen molar-refractivity contribution in [1.82, 2.24) is 14.6 Å². The molecule has 0 radical (unpaired) electrons. The molecular weight excluding hydrogens is 182 g/mol. The van der Waals surface area contributed by atoms with E-state index in [0.29, 0.717) is 5.82 Å². The van der Waals surface area contributed by atoms with Crippen LogP contribution >= 0.6 is 0 Å². The highest BCUT2D eigenvalue weighted by Gasteiger charge is 1.98. The smallest absolute Gasteiger partial charge is 0.236 e. The Bertz CT molecular complexity index is 463. The molecule has 0 aliphatic carbocycles. The predicted octanol–water partition coefficient (Wildman–Crippen LogP) is -0.374. The number of nitrogens with two attached hydrogens (primary N) is 1. The minimum Gasteiger partial charge on any atom is -0.368 e. The molecule has 0 saturated carbocycles. The summed E-state index contributed by atoms with van der Waals surface area (Å²) < 4.78 is 1.63. The van der Waals surface area contributed by atoms with Gasteiger partial charge in [-0.05, 0) is 6.07 Å². The number of rotatable bonds is 3. The largest absolute Gasteiger partial charge is 0.368 e. The molecule has 14 heavy (non-hydrogen) atoms. The van der Waals surface area contributed by atoms with Gasteiger partial charge in [0.2, 0.25) is 5.91 Å². The van der Waals surface area contributed by atoms with Crippen molar-refractivity contribution in [3.05, 3.63) is 24.5 Å². The number of carbonyl (C=O) groups is 1. The average Bonchev–Trinajstić information content (AvgIpc) is 2.61. The van der Waals surface area contributed by atoms with E-state index in [-0.39, 0.29) is 6.54 Å². The van der Waals surface area contributed by atoms with Crippen LogP contribution in [-0.2, 0) is 4.79 Å². The van der Waals surface area contributed by atoms with Gasteiger partial charge >= 0.3 is 0 Å². The molecule has 0 atom stereocenters. The van der Waals surface area contributed by atoms with Gasteiger partial charge in [-0.15, -0.1) is 0 Å². The lowest BCUT2D eigenvalue weighted by Gasteiger charge is -2.02. The number of carbonyl (C=O) groups excluding carboxylic acids is 1. The molecule has 0 spiro atoms. The van der Waals surface area contributed by atoms with Crippen LogP contribution in [0.2, 0.25) is 0 Å². The van der Waals surface area contributed by atoms with Crippen molar-refractivity contribution in [2.24, 2.45) is 5.73 Å². The Kier molecular flexibility index (Phi) is 2.02. The minimum absolute atomic E-state index is 0.0807. The number of primary amides is 1. The third-order valence-electron chi connectivity index (χ3n) is 1.70. The van der Waals surface area contributed by atoms with E-state index >= 15 is 0 Å². The topological polar surface area (TPSA) is 85.3 Å². The van der Waals surface area contributed by atoms with Crippen LogP contribution in [0, 0.1) is 0 Å². The van der Waals surface area contributed by atoms with Crippen LogP contribution in [0.5, 0.6) is 0 Å². The quantitative estimate of drug-likeness (QED) is 0.692. The molecule has 0 saturated heterocycles. The van der Waals surface area contributed by atoms with E-state index in [0.717, 1.165) is 5.65 Å². The van der Waals surface area contributed by atoms with Gasteiger partial charge in [-0.2, -0.15) is 5.10 Å². The van der Waals surface area contributed by atoms with Gasteiger partial charge in [0.25, 0.3) is 0 Å². The molecule has 0 bridgehead atoms. The van der Waals surface area contributed by atoms with Crippen molar-refractivity contribution in [3.8, 4) is 0 Å². The predicted molar refractivity (Wildman–Crippen MR) is 50.7 cm³/mol. The van der Waals surface area contributed by atoms with Gasteiger partial charge in [0.1, 0.15) is 5.82 Å². The van der Waals surface area contributed by atoms with Crippen LogP contribution in [0.4, 0.5) is 5.82 Å². The number of hydrogen-bond acceptors (Lipinski definition) is 4. The first-order chi connectivity index (χ1) is 6.75. The zero-order chi connectivity index (χ0) is 9.97. The average molecular weight is 191 g/mol. The summed E-state index contributed by atoms with van der Waals surface area (Å²) in [7, 11) is 0. The number of anilines is 1. The molecule has 0 aromatic carbocycles. The third-order valence-corrected chi connectivity index (χ3v) is 1.70. The highest BCUT2D eigenvalue weighted by molar-refractivity contribution is 5.78. The molecule has 0 fully saturated rings. The van der Waals surface area contributed by atoms with E-state index in [4.69, 9.17) is 5.73 Å². The summed E-state index contributed by atoms with van der Waals surface area (Å²) in [4.78, 5) is 14.7. The number of nitrogens with zero attached hydrogens (tertiary/aromatic N) is 3. The highest BCUT2D eigenvalue weighted by atomic mass is 16.1. The summed E-state index contributed by atoms with van der Waals surface area (Å²) in [5, 5.41) is 6.79. The van der Waals surface area contributed by atoms with E-state index in [9.17, 15) is 4.79 Å². The number of nitrogens with one attached hydrogen (secondary N) is 1. The molecule has 0 aliphatic heterocycles. The first-order valence-electron chi connectivity index (χ1n) is 4.08. The normalized spacial score (nSPS) is 10.3. The van der Waals surface area contributed by atoms with Crippen LogP contribution in [0.1, 0.15) is 0 Å². The fourth-order valence-corrected chi connectivity index (χ4v) is 1.09. The maximum Gasteiger partial charge on any atom is 0.236 e. The summed E-state index contributed by atoms with van der Waals surface area (Å²) in [6.45, 7) is 0.0807. The molecule has 2 aromatic rings. The van der Waals surface area contributed by atoms with Gasteiger partial charge in [0, 0.05) is 12.3 Å². The number of hydrogen-bond donors (Lipinski definition) is 2. The lowest BCUT2D eigenvalue weighted by Crippen LogP contribution is -2.22. The molecule has 72 valence electrons. The second kappa shape index (κ2) is 3.33. The van der Waals surface area contributed by atoms with Crippen LogP contribution in [0.3, 0.4) is 0 Å². The summed E-state index contributed by atoms with van der Waals surface area (Å²) in [5.74, 6) is 0.192. The Morgan fingerprint density at radius 1 is 1.57 bits per heavy atom. The maximum absolute atomic E-state index is 10.5. The zero-order valence-electron chi connectivity index (χ0n) is 7.34. The Labute approximate surface area is 79.7 Å². The molecule has 0 aliphatic rings. The zero-order valence-corrected chi connectivity index (χ0v) is 7.34. The van der Waals surface area contributed by atoms with E-state index in [1.54, 1.807) is 29.0 Å². The lowest BCUT2D eigenvalue weighted by atomic mass is 10.5. The highest BCUT2D eigenvalue weighted by Crippen LogP contribution is 2.04. The summed E-state index contributed by atoms with van der Waals surface area (Å²) in [5.41, 5.74) is 5.71. The SMILES string of the molecule is NC(=O)CNc1ccn2nccc2n1. The monoisotopic (exact) mass is 191 g/mol. The second-order valence-corrected chi connectivity index (χ2v) is 2.77. The van der Waals surface area contributed by atoms with Gasteiger partial charge in [-0.1, -0.05) is 0 Å². The van der Waals surface area contributed by atoms with E-state index < -0.39 is 5.91 Å². The van der Waals surface area contributed by atoms with Gasteiger partial charge in [0.05, 0.1) is 12.7 Å². The van der Waals surface area contributed by atoms with Crippen LogP contribution in [0.25, 0.3) is 5.65 Å². The second-order valence-electron chi connectivity index (χ2n) is 2.77. The maximum atomic E-state index is 10.5. The van der Waals surface area contributed by atoms with E-state index in [2.05, 4.69) is 15.4 Å². The fourth-order valence-electron chi connectivity index (χ4n) is 1.09. The van der Waals surface area contributed by atoms with Crippen LogP contribution < -0.4 is 11.1 Å². The number of aromatic nitrogens is 3. The molecule has 2 aromatic heterocycles. The van der Waals surface area contributed by atoms with Gasteiger partial charge in [0.15, 0.2) is 5.65 Å². The molecule has 0 unspecified atom stereocenters. The third kappa shape index (κ3) is 1.63. The van der Waals surface area contributed by atoms with Crippen molar-refractivity contribution < 1.29 is 4.79 Å². The van der Waals surface area contributed by atoms with Crippen molar-refractivity contribution in [2.75, 3.05) is 11.9 Å². The van der Waals surface area contributed by atoms with Crippen molar-refractivity contribution >= 4 is 17.4 Å². The molecular formula is C8H9N5O. The van der Waals surface area contributed by atoms with Gasteiger partial charge < -0.3 is 11.1 Å².